The van der Waals surface area contributed by atoms with Crippen molar-refractivity contribution in [1.29, 1.82) is 5.26 Å². The number of hydrogen-bond donors (Lipinski definition) is 1. The maximum absolute atomic E-state index is 12.4. The minimum atomic E-state index is -0.759. The number of methoxy groups -OCH3 is 1. The third kappa shape index (κ3) is 2.90. The van der Waals surface area contributed by atoms with Crippen LogP contribution in [0.4, 0.5) is 0 Å². The summed E-state index contributed by atoms with van der Waals surface area (Å²) in [5.74, 6) is 0.592. The lowest BCUT2D eigenvalue weighted by Gasteiger charge is -2.34. The first-order valence-corrected chi connectivity index (χ1v) is 6.83. The SMILES string of the molecule is COc1ncccc1C(=O)NC1(C#N)CCC(C)CC1. The van der Waals surface area contributed by atoms with Gasteiger partial charge in [0.2, 0.25) is 5.88 Å². The predicted octanol–water partition coefficient (Wildman–Crippen LogP) is 2.29. The molecule has 1 saturated carbocycles. The van der Waals surface area contributed by atoms with Gasteiger partial charge in [-0.15, -0.1) is 0 Å². The van der Waals surface area contributed by atoms with Crippen molar-refractivity contribution in [2.24, 2.45) is 5.92 Å². The first-order chi connectivity index (χ1) is 9.60. The zero-order valence-electron chi connectivity index (χ0n) is 11.8. The van der Waals surface area contributed by atoms with Crippen LogP contribution in [0.15, 0.2) is 18.3 Å². The van der Waals surface area contributed by atoms with Gasteiger partial charge in [-0.05, 0) is 43.7 Å². The fourth-order valence-corrected chi connectivity index (χ4v) is 2.53. The molecule has 0 atom stereocenters. The molecule has 5 nitrogen and oxygen atoms in total. The van der Waals surface area contributed by atoms with E-state index in [0.29, 0.717) is 24.3 Å². The van der Waals surface area contributed by atoms with Gasteiger partial charge in [0.1, 0.15) is 11.1 Å². The molecule has 0 bridgehead atoms. The number of nitrogens with one attached hydrogen (secondary N) is 1. The lowest BCUT2D eigenvalue weighted by atomic mass is 9.78. The smallest absolute Gasteiger partial charge is 0.258 e. The van der Waals surface area contributed by atoms with Crippen LogP contribution in [0.5, 0.6) is 5.88 Å². The van der Waals surface area contributed by atoms with E-state index in [1.54, 1.807) is 18.3 Å². The zero-order chi connectivity index (χ0) is 14.6. The molecule has 1 aliphatic rings. The lowest BCUT2D eigenvalue weighted by Crippen LogP contribution is -2.49. The van der Waals surface area contributed by atoms with E-state index in [1.165, 1.54) is 7.11 Å². The van der Waals surface area contributed by atoms with Gasteiger partial charge in [-0.25, -0.2) is 4.98 Å². The number of pyridine rings is 1. The molecule has 0 aromatic carbocycles. The van der Waals surface area contributed by atoms with Crippen molar-refractivity contribution in [3.8, 4) is 11.9 Å². The van der Waals surface area contributed by atoms with Gasteiger partial charge < -0.3 is 10.1 Å². The van der Waals surface area contributed by atoms with Crippen molar-refractivity contribution in [1.82, 2.24) is 10.3 Å². The summed E-state index contributed by atoms with van der Waals surface area (Å²) < 4.78 is 5.08. The monoisotopic (exact) mass is 273 g/mol. The summed E-state index contributed by atoms with van der Waals surface area (Å²) in [6.45, 7) is 2.17. The highest BCUT2D eigenvalue weighted by atomic mass is 16.5. The average molecular weight is 273 g/mol. The minimum absolute atomic E-state index is 0.280. The quantitative estimate of drug-likeness (QED) is 0.916. The molecule has 1 amide bonds. The maximum Gasteiger partial charge on any atom is 0.258 e. The Morgan fingerprint density at radius 1 is 1.55 bits per heavy atom. The molecular formula is C15H19N3O2. The normalized spacial score (nSPS) is 25.6. The van der Waals surface area contributed by atoms with Crippen molar-refractivity contribution in [2.75, 3.05) is 7.11 Å². The van der Waals surface area contributed by atoms with Crippen molar-refractivity contribution in [3.63, 3.8) is 0 Å². The van der Waals surface area contributed by atoms with Crippen molar-refractivity contribution in [2.45, 2.75) is 38.1 Å². The number of hydrogen-bond acceptors (Lipinski definition) is 4. The molecule has 1 fully saturated rings. The summed E-state index contributed by atoms with van der Waals surface area (Å²) >= 11 is 0. The van der Waals surface area contributed by atoms with Crippen LogP contribution in [0, 0.1) is 17.2 Å². The molecule has 0 unspecified atom stereocenters. The van der Waals surface area contributed by atoms with Crippen molar-refractivity contribution < 1.29 is 9.53 Å². The molecule has 1 aromatic rings. The van der Waals surface area contributed by atoms with E-state index >= 15 is 0 Å². The molecule has 0 aliphatic heterocycles. The first kappa shape index (κ1) is 14.3. The fraction of sp³-hybridized carbons (Fsp3) is 0.533. The Bertz CT molecular complexity index is 528. The van der Waals surface area contributed by atoms with Crippen LogP contribution in [-0.2, 0) is 0 Å². The highest BCUT2D eigenvalue weighted by Gasteiger charge is 2.36. The van der Waals surface area contributed by atoms with Crippen LogP contribution < -0.4 is 10.1 Å². The maximum atomic E-state index is 12.4. The zero-order valence-corrected chi connectivity index (χ0v) is 11.8. The molecule has 2 rings (SSSR count). The van der Waals surface area contributed by atoms with Crippen LogP contribution in [0.3, 0.4) is 0 Å². The molecule has 1 heterocycles. The standard InChI is InChI=1S/C15H19N3O2/c1-11-5-7-15(10-16,8-6-11)18-13(19)12-4-3-9-17-14(12)20-2/h3-4,9,11H,5-8H2,1-2H3,(H,18,19). The second kappa shape index (κ2) is 5.91. The largest absolute Gasteiger partial charge is 0.480 e. The van der Waals surface area contributed by atoms with E-state index in [0.717, 1.165) is 12.8 Å². The Labute approximate surface area is 119 Å². The van der Waals surface area contributed by atoms with Crippen LogP contribution in [-0.4, -0.2) is 23.5 Å². The van der Waals surface area contributed by atoms with E-state index in [1.807, 2.05) is 0 Å². The molecular weight excluding hydrogens is 254 g/mol. The van der Waals surface area contributed by atoms with Gasteiger partial charge in [0, 0.05) is 6.20 Å². The second-order valence-corrected chi connectivity index (χ2v) is 5.39. The van der Waals surface area contributed by atoms with Gasteiger partial charge in [0.25, 0.3) is 5.91 Å². The third-order valence-electron chi connectivity index (χ3n) is 3.90. The summed E-state index contributed by atoms with van der Waals surface area (Å²) in [5, 5.41) is 12.3. The number of nitrogens with zero attached hydrogens (tertiary/aromatic N) is 2. The van der Waals surface area contributed by atoms with E-state index in [9.17, 15) is 10.1 Å². The molecule has 1 aromatic heterocycles. The Balaban J connectivity index is 2.16. The van der Waals surface area contributed by atoms with Crippen LogP contribution in [0.2, 0.25) is 0 Å². The molecule has 0 spiro atoms. The number of ether oxygens (including phenoxy) is 1. The Morgan fingerprint density at radius 3 is 2.85 bits per heavy atom. The van der Waals surface area contributed by atoms with Crippen molar-refractivity contribution in [3.05, 3.63) is 23.9 Å². The fourth-order valence-electron chi connectivity index (χ4n) is 2.53. The molecule has 0 saturated heterocycles. The van der Waals surface area contributed by atoms with Gasteiger partial charge in [0.05, 0.1) is 13.2 Å². The Kier molecular flexibility index (Phi) is 4.23. The van der Waals surface area contributed by atoms with Gasteiger partial charge in [-0.3, -0.25) is 4.79 Å². The number of rotatable bonds is 3. The van der Waals surface area contributed by atoms with E-state index in [4.69, 9.17) is 4.74 Å². The number of nitriles is 1. The van der Waals surface area contributed by atoms with Gasteiger partial charge >= 0.3 is 0 Å². The number of aromatic nitrogens is 1. The van der Waals surface area contributed by atoms with Gasteiger partial charge in [-0.1, -0.05) is 6.92 Å². The summed E-state index contributed by atoms with van der Waals surface area (Å²) in [7, 11) is 1.47. The molecule has 20 heavy (non-hydrogen) atoms. The summed E-state index contributed by atoms with van der Waals surface area (Å²) in [4.78, 5) is 16.4. The average Bonchev–Trinajstić information content (AvgIpc) is 2.49. The van der Waals surface area contributed by atoms with Crippen LogP contribution in [0.1, 0.15) is 43.0 Å². The highest BCUT2D eigenvalue weighted by molar-refractivity contribution is 5.97. The molecule has 1 N–H and O–H groups in total. The predicted molar refractivity (Wildman–Crippen MR) is 74.2 cm³/mol. The van der Waals surface area contributed by atoms with Crippen molar-refractivity contribution >= 4 is 5.91 Å². The summed E-state index contributed by atoms with van der Waals surface area (Å²) in [6.07, 6.45) is 4.87. The van der Waals surface area contributed by atoms with E-state index < -0.39 is 5.54 Å². The van der Waals surface area contributed by atoms with Crippen LogP contribution >= 0.6 is 0 Å². The molecule has 5 heteroatoms. The van der Waals surface area contributed by atoms with E-state index in [-0.39, 0.29) is 11.8 Å². The van der Waals surface area contributed by atoms with Crippen LogP contribution in [0.25, 0.3) is 0 Å². The highest BCUT2D eigenvalue weighted by Crippen LogP contribution is 2.32. The lowest BCUT2D eigenvalue weighted by molar-refractivity contribution is 0.0890. The number of carbonyl (C=O) groups excluding carboxylic acids is 1. The van der Waals surface area contributed by atoms with Gasteiger partial charge in [0.15, 0.2) is 0 Å². The summed E-state index contributed by atoms with van der Waals surface area (Å²) in [5.41, 5.74) is -0.395. The molecule has 106 valence electrons. The summed E-state index contributed by atoms with van der Waals surface area (Å²) in [6, 6.07) is 5.61. The third-order valence-corrected chi connectivity index (χ3v) is 3.90. The number of carbonyl (C=O) groups is 1. The molecule has 0 radical (unpaired) electrons. The molecule has 1 aliphatic carbocycles. The Morgan fingerprint density at radius 2 is 2.25 bits per heavy atom. The Hall–Kier alpha value is -2.09. The first-order valence-electron chi connectivity index (χ1n) is 6.83. The topological polar surface area (TPSA) is 75.0 Å². The minimum Gasteiger partial charge on any atom is -0.480 e. The van der Waals surface area contributed by atoms with E-state index in [2.05, 4.69) is 23.3 Å². The second-order valence-electron chi connectivity index (χ2n) is 5.39. The van der Waals surface area contributed by atoms with Gasteiger partial charge in [-0.2, -0.15) is 5.26 Å². The number of amides is 1.